The van der Waals surface area contributed by atoms with E-state index in [0.717, 1.165) is 19.3 Å². The fraction of sp³-hybridized carbons (Fsp3) is 1.00. The molecule has 2 rings (SSSR count). The predicted octanol–water partition coefficient (Wildman–Crippen LogP) is 4.23. The summed E-state index contributed by atoms with van der Waals surface area (Å²) in [6, 6.07) is 0. The van der Waals surface area contributed by atoms with Crippen LogP contribution in [0.25, 0.3) is 0 Å². The zero-order valence-corrected chi connectivity index (χ0v) is 13.2. The molecule has 0 radical (unpaired) electrons. The van der Waals surface area contributed by atoms with Crippen LogP contribution < -0.4 is 0 Å². The summed E-state index contributed by atoms with van der Waals surface area (Å²) in [6.45, 7) is 0. The standard InChI is InChI=1S/C8H12Br3Se/c9-5-1-3-7-6(10)2-4-8(5)12(7)11/h5-8H,1-4H2/q+1/t5-,6-,7-,8-/m1/s1. The van der Waals surface area contributed by atoms with Gasteiger partial charge in [0, 0.05) is 0 Å². The van der Waals surface area contributed by atoms with Crippen molar-refractivity contribution in [2.24, 2.45) is 0 Å². The fourth-order valence-electron chi connectivity index (χ4n) is 2.11. The minimum atomic E-state index is -0.478. The van der Waals surface area contributed by atoms with Crippen molar-refractivity contribution >= 4 is 58.1 Å². The van der Waals surface area contributed by atoms with Crippen LogP contribution in [0.4, 0.5) is 0 Å². The molecule has 2 saturated heterocycles. The van der Waals surface area contributed by atoms with Crippen molar-refractivity contribution in [2.45, 2.75) is 45.0 Å². The minimum absolute atomic E-state index is 0.478. The fourth-order valence-corrected chi connectivity index (χ4v) is 17.5. The van der Waals surface area contributed by atoms with Crippen molar-refractivity contribution in [3.8, 4) is 0 Å². The van der Waals surface area contributed by atoms with E-state index in [1.807, 2.05) is 0 Å². The molecule has 2 fully saturated rings. The number of hydrogen-bond donors (Lipinski definition) is 0. The average Bonchev–Trinajstić information content (AvgIpc) is 2.01. The molecule has 2 aliphatic rings. The van der Waals surface area contributed by atoms with Crippen molar-refractivity contribution < 1.29 is 0 Å². The Kier molecular flexibility index (Phi) is 3.68. The first-order valence-corrected chi connectivity index (χ1v) is 12.2. The number of fused-ring (bicyclic) bond motifs is 2. The monoisotopic (exact) mass is 425 g/mol. The van der Waals surface area contributed by atoms with Crippen LogP contribution in [-0.2, 0) is 0 Å². The Hall–Kier alpha value is 1.96. The first-order valence-electron chi connectivity index (χ1n) is 4.36. The molecule has 0 aromatic rings. The van der Waals surface area contributed by atoms with E-state index in [-0.39, 0.29) is 0 Å². The third-order valence-corrected chi connectivity index (χ3v) is 16.4. The molecule has 0 aliphatic carbocycles. The molecule has 12 heavy (non-hydrogen) atoms. The summed E-state index contributed by atoms with van der Waals surface area (Å²) < 4.78 is 0. The van der Waals surface area contributed by atoms with Gasteiger partial charge in [-0.3, -0.25) is 0 Å². The Balaban J connectivity index is 2.12. The molecule has 0 N–H and O–H groups in total. The van der Waals surface area contributed by atoms with Gasteiger partial charge in [0.15, 0.2) is 0 Å². The normalized spacial score (nSPS) is 53.8. The average molecular weight is 427 g/mol. The quantitative estimate of drug-likeness (QED) is 0.402. The topological polar surface area (TPSA) is 0 Å². The summed E-state index contributed by atoms with van der Waals surface area (Å²) in [4.78, 5) is 3.63. The van der Waals surface area contributed by atoms with Crippen LogP contribution in [0.15, 0.2) is 0 Å². The molecule has 70 valence electrons. The maximum absolute atomic E-state index is 3.98. The Morgan fingerprint density at radius 2 is 1.25 bits per heavy atom. The predicted molar refractivity (Wildman–Crippen MR) is 66.1 cm³/mol. The van der Waals surface area contributed by atoms with Gasteiger partial charge in [-0.15, -0.1) is 0 Å². The van der Waals surface area contributed by atoms with Gasteiger partial charge in [0.1, 0.15) is 0 Å². The molecule has 0 amide bonds. The van der Waals surface area contributed by atoms with E-state index in [1.54, 1.807) is 0 Å². The van der Waals surface area contributed by atoms with Gasteiger partial charge >= 0.3 is 103 Å². The second-order valence-electron chi connectivity index (χ2n) is 3.58. The molecule has 0 spiro atoms. The molecule has 2 heterocycles. The molecule has 4 heteroatoms. The number of alkyl halides is 2. The summed E-state index contributed by atoms with van der Waals surface area (Å²) in [5, 5.41) is 0. The molecule has 0 aromatic heterocycles. The van der Waals surface area contributed by atoms with Gasteiger partial charge in [0.05, 0.1) is 0 Å². The van der Waals surface area contributed by atoms with Gasteiger partial charge in [0.2, 0.25) is 0 Å². The van der Waals surface area contributed by atoms with Gasteiger partial charge in [-0.05, 0) is 0 Å². The molecular formula is C8H12Br3Se+. The number of rotatable bonds is 0. The molecule has 0 saturated carbocycles. The first kappa shape index (κ1) is 10.5. The van der Waals surface area contributed by atoms with Crippen molar-refractivity contribution in [3.63, 3.8) is 0 Å². The zero-order chi connectivity index (χ0) is 8.72. The van der Waals surface area contributed by atoms with Gasteiger partial charge in [-0.1, -0.05) is 0 Å². The van der Waals surface area contributed by atoms with Crippen LogP contribution in [0.2, 0.25) is 9.63 Å². The van der Waals surface area contributed by atoms with Gasteiger partial charge in [-0.2, -0.15) is 0 Å². The summed E-state index contributed by atoms with van der Waals surface area (Å²) >= 11 is 11.1. The molecule has 2 bridgehead atoms. The molecule has 4 atom stereocenters. The van der Waals surface area contributed by atoms with E-state index in [0.29, 0.717) is 0 Å². The van der Waals surface area contributed by atoms with E-state index in [2.05, 4.69) is 46.0 Å². The van der Waals surface area contributed by atoms with E-state index in [1.165, 1.54) is 25.7 Å². The molecule has 0 nitrogen and oxygen atoms in total. The summed E-state index contributed by atoms with van der Waals surface area (Å²) in [5.74, 6) is 0. The van der Waals surface area contributed by atoms with E-state index < -0.39 is 12.1 Å². The van der Waals surface area contributed by atoms with Crippen LogP contribution >= 0.6 is 46.0 Å². The van der Waals surface area contributed by atoms with E-state index >= 15 is 0 Å². The van der Waals surface area contributed by atoms with E-state index in [9.17, 15) is 0 Å². The van der Waals surface area contributed by atoms with Crippen molar-refractivity contribution in [3.05, 3.63) is 0 Å². The van der Waals surface area contributed by atoms with Gasteiger partial charge < -0.3 is 0 Å². The van der Waals surface area contributed by atoms with Crippen molar-refractivity contribution in [2.75, 3.05) is 0 Å². The van der Waals surface area contributed by atoms with Crippen molar-refractivity contribution in [1.82, 2.24) is 0 Å². The molecule has 2 aliphatic heterocycles. The van der Waals surface area contributed by atoms with Crippen LogP contribution in [0.1, 0.15) is 25.7 Å². The summed E-state index contributed by atoms with van der Waals surface area (Å²) in [6.07, 6.45) is 5.64. The van der Waals surface area contributed by atoms with Crippen molar-refractivity contribution in [1.29, 1.82) is 0 Å². The SMILES string of the molecule is Br[C@@H]1CC[C@@H]2[C@H](Br)CC[C@H]1[Se+]2Br. The van der Waals surface area contributed by atoms with Gasteiger partial charge in [-0.25, -0.2) is 0 Å². The van der Waals surface area contributed by atoms with Crippen LogP contribution in [-0.4, -0.2) is 21.7 Å². The molecule has 0 unspecified atom stereocenters. The summed E-state index contributed by atoms with van der Waals surface area (Å²) in [5.41, 5.74) is 0. The molecule has 0 aromatic carbocycles. The number of hydrogen-bond acceptors (Lipinski definition) is 0. The maximum atomic E-state index is 3.98. The third kappa shape index (κ3) is 1.84. The number of halogens is 3. The van der Waals surface area contributed by atoms with Crippen LogP contribution in [0, 0.1) is 0 Å². The third-order valence-electron chi connectivity index (χ3n) is 2.84. The first-order chi connectivity index (χ1) is 5.70. The Bertz CT molecular complexity index is 158. The van der Waals surface area contributed by atoms with Gasteiger partial charge in [0.25, 0.3) is 0 Å². The summed E-state index contributed by atoms with van der Waals surface area (Å²) in [7, 11) is 0. The Morgan fingerprint density at radius 1 is 0.833 bits per heavy atom. The second kappa shape index (κ2) is 4.22. The second-order valence-corrected chi connectivity index (χ2v) is 13.7. The Labute approximate surface area is 102 Å². The zero-order valence-electron chi connectivity index (χ0n) is 6.68. The Morgan fingerprint density at radius 3 is 1.67 bits per heavy atom. The van der Waals surface area contributed by atoms with Crippen LogP contribution in [0.3, 0.4) is 0 Å². The van der Waals surface area contributed by atoms with Crippen LogP contribution in [0.5, 0.6) is 0 Å². The molecular weight excluding hydrogens is 415 g/mol. The van der Waals surface area contributed by atoms with E-state index in [4.69, 9.17) is 0 Å².